The first-order chi connectivity index (χ1) is 12.2. The van der Waals surface area contributed by atoms with Crippen LogP contribution in [0.15, 0.2) is 40.1 Å². The van der Waals surface area contributed by atoms with Gasteiger partial charge in [0.25, 0.3) is 0 Å². The van der Waals surface area contributed by atoms with E-state index in [1.165, 1.54) is 42.4 Å². The zero-order chi connectivity index (χ0) is 17.5. The van der Waals surface area contributed by atoms with E-state index < -0.39 is 0 Å². The van der Waals surface area contributed by atoms with Crippen LogP contribution in [0.3, 0.4) is 0 Å². The molecule has 1 N–H and O–H groups in total. The fourth-order valence-corrected chi connectivity index (χ4v) is 4.70. The Balaban J connectivity index is 1.45. The van der Waals surface area contributed by atoms with Crippen LogP contribution in [-0.2, 0) is 11.2 Å². The van der Waals surface area contributed by atoms with E-state index >= 15 is 0 Å². The number of thiazole rings is 1. The lowest BCUT2D eigenvalue weighted by atomic mass is 9.95. The molecule has 1 heterocycles. The lowest BCUT2D eigenvalue weighted by molar-refractivity contribution is -0.121. The third kappa shape index (κ3) is 5.68. The Labute approximate surface area is 156 Å². The van der Waals surface area contributed by atoms with E-state index in [0.29, 0.717) is 18.2 Å². The third-order valence-corrected chi connectivity index (χ3v) is 6.33. The summed E-state index contributed by atoms with van der Waals surface area (Å²) >= 11 is 2.93. The van der Waals surface area contributed by atoms with Crippen molar-refractivity contribution < 1.29 is 9.59 Å². The summed E-state index contributed by atoms with van der Waals surface area (Å²) in [4.78, 5) is 28.7. The molecule has 4 nitrogen and oxygen atoms in total. The molecule has 132 valence electrons. The fraction of sp³-hybridized carbons (Fsp3) is 0.421. The van der Waals surface area contributed by atoms with E-state index in [9.17, 15) is 9.59 Å². The van der Waals surface area contributed by atoms with Gasteiger partial charge < -0.3 is 5.32 Å². The highest BCUT2D eigenvalue weighted by molar-refractivity contribution is 8.01. The Bertz CT molecular complexity index is 709. The van der Waals surface area contributed by atoms with E-state index in [0.717, 1.165) is 28.4 Å². The second kappa shape index (κ2) is 9.15. The van der Waals surface area contributed by atoms with Gasteiger partial charge in [0, 0.05) is 17.0 Å². The minimum atomic E-state index is 0.0501. The topological polar surface area (TPSA) is 59.1 Å². The van der Waals surface area contributed by atoms with Crippen molar-refractivity contribution in [3.05, 3.63) is 47.0 Å². The average Bonchev–Trinajstić information content (AvgIpc) is 3.08. The molecular formula is C19H22N2O2S2. The predicted molar refractivity (Wildman–Crippen MR) is 102 cm³/mol. The number of thioether (sulfide) groups is 1. The molecule has 1 aliphatic carbocycles. The highest BCUT2D eigenvalue weighted by Crippen LogP contribution is 2.24. The van der Waals surface area contributed by atoms with Gasteiger partial charge >= 0.3 is 0 Å². The maximum absolute atomic E-state index is 12.1. The summed E-state index contributed by atoms with van der Waals surface area (Å²) in [6.45, 7) is 0. The van der Waals surface area contributed by atoms with E-state index in [1.54, 1.807) is 0 Å². The Hall–Kier alpha value is -1.66. The monoisotopic (exact) mass is 374 g/mol. The second-order valence-electron chi connectivity index (χ2n) is 6.26. The van der Waals surface area contributed by atoms with Gasteiger partial charge in [0.05, 0.1) is 17.9 Å². The highest BCUT2D eigenvalue weighted by Gasteiger charge is 2.17. The summed E-state index contributed by atoms with van der Waals surface area (Å²) in [7, 11) is 0. The molecule has 3 rings (SSSR count). The Morgan fingerprint density at radius 3 is 2.68 bits per heavy atom. The molecule has 6 heteroatoms. The number of nitrogens with zero attached hydrogens (tertiary/aromatic N) is 1. The number of ketones is 1. The number of Topliss-reactive ketones (excluding diaryl/α,β-unsaturated/α-hetero) is 1. The molecular weight excluding hydrogens is 352 g/mol. The van der Waals surface area contributed by atoms with Gasteiger partial charge in [-0.1, -0.05) is 61.4 Å². The predicted octanol–water partition coefficient (Wildman–Crippen LogP) is 4.11. The summed E-state index contributed by atoms with van der Waals surface area (Å²) < 4.78 is 0.838. The number of carbonyl (C=O) groups is 2. The number of nitrogens with one attached hydrogen (secondary N) is 1. The molecule has 25 heavy (non-hydrogen) atoms. The van der Waals surface area contributed by atoms with Gasteiger partial charge in [-0.25, -0.2) is 4.98 Å². The molecule has 1 fully saturated rings. The molecule has 0 unspecified atom stereocenters. The van der Waals surface area contributed by atoms with Crippen molar-refractivity contribution in [2.24, 2.45) is 0 Å². The van der Waals surface area contributed by atoms with Crippen molar-refractivity contribution in [2.75, 3.05) is 5.75 Å². The second-order valence-corrected chi connectivity index (χ2v) is 8.34. The SMILES string of the molecule is O=C(Cc1csc(SCC(=O)c2ccccc2)n1)NC1CCCCC1. The van der Waals surface area contributed by atoms with Crippen LogP contribution >= 0.6 is 23.1 Å². The average molecular weight is 375 g/mol. The first-order valence-corrected chi connectivity index (χ1v) is 10.5. The van der Waals surface area contributed by atoms with E-state index in [4.69, 9.17) is 0 Å². The molecule has 0 atom stereocenters. The normalized spacial score (nSPS) is 15.0. The molecule has 0 aliphatic heterocycles. The summed E-state index contributed by atoms with van der Waals surface area (Å²) in [5, 5.41) is 5.03. The van der Waals surface area contributed by atoms with Crippen molar-refractivity contribution in [3.63, 3.8) is 0 Å². The Morgan fingerprint density at radius 1 is 1.16 bits per heavy atom. The first-order valence-electron chi connectivity index (χ1n) is 8.65. The number of carbonyl (C=O) groups excluding carboxylic acids is 2. The lowest BCUT2D eigenvalue weighted by Gasteiger charge is -2.22. The van der Waals surface area contributed by atoms with Gasteiger partial charge in [0.15, 0.2) is 10.1 Å². The molecule has 0 saturated heterocycles. The first kappa shape index (κ1) is 18.1. The summed E-state index contributed by atoms with van der Waals surface area (Å²) in [6.07, 6.45) is 6.19. The van der Waals surface area contributed by atoms with Crippen LogP contribution in [-0.4, -0.2) is 28.5 Å². The van der Waals surface area contributed by atoms with Crippen molar-refractivity contribution >= 4 is 34.8 Å². The van der Waals surface area contributed by atoms with E-state index in [1.807, 2.05) is 35.7 Å². The number of hydrogen-bond donors (Lipinski definition) is 1. The van der Waals surface area contributed by atoms with Gasteiger partial charge in [-0.2, -0.15) is 0 Å². The van der Waals surface area contributed by atoms with Crippen LogP contribution in [0, 0.1) is 0 Å². The minimum absolute atomic E-state index is 0.0501. The number of benzene rings is 1. The van der Waals surface area contributed by atoms with Crippen LogP contribution in [0.5, 0.6) is 0 Å². The molecule has 2 aromatic rings. The van der Waals surface area contributed by atoms with Crippen LogP contribution in [0.2, 0.25) is 0 Å². The van der Waals surface area contributed by atoms with Crippen molar-refractivity contribution in [1.29, 1.82) is 0 Å². The third-order valence-electron chi connectivity index (χ3n) is 4.27. The molecule has 0 spiro atoms. The van der Waals surface area contributed by atoms with Crippen LogP contribution in [0.4, 0.5) is 0 Å². The Kier molecular flexibility index (Phi) is 6.64. The van der Waals surface area contributed by atoms with E-state index in [2.05, 4.69) is 10.3 Å². The van der Waals surface area contributed by atoms with Gasteiger partial charge in [-0.05, 0) is 12.8 Å². The van der Waals surface area contributed by atoms with Gasteiger partial charge in [0.2, 0.25) is 5.91 Å². The number of amides is 1. The molecule has 1 saturated carbocycles. The quantitative estimate of drug-likeness (QED) is 0.585. The molecule has 1 amide bonds. The molecule has 0 radical (unpaired) electrons. The Morgan fingerprint density at radius 2 is 1.92 bits per heavy atom. The van der Waals surface area contributed by atoms with Crippen molar-refractivity contribution in [3.8, 4) is 0 Å². The van der Waals surface area contributed by atoms with Crippen molar-refractivity contribution in [1.82, 2.24) is 10.3 Å². The minimum Gasteiger partial charge on any atom is -0.353 e. The largest absolute Gasteiger partial charge is 0.353 e. The van der Waals surface area contributed by atoms with Crippen LogP contribution in [0.25, 0.3) is 0 Å². The van der Waals surface area contributed by atoms with E-state index in [-0.39, 0.29) is 11.7 Å². The summed E-state index contributed by atoms with van der Waals surface area (Å²) in [5.74, 6) is 0.511. The van der Waals surface area contributed by atoms with Crippen LogP contribution < -0.4 is 5.32 Å². The fourth-order valence-electron chi connectivity index (χ4n) is 2.96. The van der Waals surface area contributed by atoms with Gasteiger partial charge in [0.1, 0.15) is 0 Å². The zero-order valence-corrected chi connectivity index (χ0v) is 15.7. The molecule has 1 aliphatic rings. The van der Waals surface area contributed by atoms with Gasteiger partial charge in [-0.15, -0.1) is 11.3 Å². The van der Waals surface area contributed by atoms with Crippen LogP contribution in [0.1, 0.15) is 48.2 Å². The molecule has 1 aromatic heterocycles. The van der Waals surface area contributed by atoms with Crippen molar-refractivity contribution in [2.45, 2.75) is 48.9 Å². The zero-order valence-electron chi connectivity index (χ0n) is 14.1. The number of rotatable bonds is 7. The summed E-state index contributed by atoms with van der Waals surface area (Å²) in [6, 6.07) is 9.61. The highest BCUT2D eigenvalue weighted by atomic mass is 32.2. The smallest absolute Gasteiger partial charge is 0.226 e. The standard InChI is InChI=1S/C19H22N2O2S2/c22-17(14-7-3-1-4-8-14)13-25-19-21-16(12-24-19)11-18(23)20-15-9-5-2-6-10-15/h1,3-4,7-8,12,15H,2,5-6,9-11,13H2,(H,20,23). The summed E-state index contributed by atoms with van der Waals surface area (Å²) in [5.41, 5.74) is 1.51. The number of aromatic nitrogens is 1. The van der Waals surface area contributed by atoms with Gasteiger partial charge in [-0.3, -0.25) is 9.59 Å². The lowest BCUT2D eigenvalue weighted by Crippen LogP contribution is -2.37. The maximum atomic E-state index is 12.1. The molecule has 0 bridgehead atoms. The number of hydrogen-bond acceptors (Lipinski definition) is 5. The maximum Gasteiger partial charge on any atom is 0.226 e. The molecule has 1 aromatic carbocycles.